The molecule has 1 aromatic carbocycles. The van der Waals surface area contributed by atoms with Crippen LogP contribution in [0.25, 0.3) is 22.7 Å². The number of nitrogens with zero attached hydrogens (tertiary/aromatic N) is 3. The molecule has 0 saturated heterocycles. The maximum atomic E-state index is 12.2. The number of amides is 2. The monoisotopic (exact) mass is 377 g/mol. The minimum atomic E-state index is -0.361. The van der Waals surface area contributed by atoms with E-state index in [2.05, 4.69) is 25.6 Å². The molecule has 27 heavy (non-hydrogen) atoms. The van der Waals surface area contributed by atoms with Crippen LogP contribution >= 0.6 is 11.3 Å². The number of carbonyl (C=O) groups is 1. The van der Waals surface area contributed by atoms with E-state index in [1.54, 1.807) is 30.8 Å². The van der Waals surface area contributed by atoms with Crippen LogP contribution in [0.4, 0.5) is 9.93 Å². The van der Waals surface area contributed by atoms with Crippen LogP contribution < -0.4 is 10.6 Å². The normalized spacial score (nSPS) is 10.5. The zero-order chi connectivity index (χ0) is 18.5. The predicted molar refractivity (Wildman–Crippen MR) is 103 cm³/mol. The van der Waals surface area contributed by atoms with E-state index in [4.69, 9.17) is 4.42 Å². The standard InChI is InChI=1S/C19H15N5O2S/c25-18(24-19-23-15(12-27-19)13-5-2-1-3-6-13)22-11-14-17(21-9-8-20-14)16-7-4-10-26-16/h1-10,12H,11H2,(H2,22,23,24,25). The molecule has 0 spiro atoms. The van der Waals surface area contributed by atoms with E-state index in [1.165, 1.54) is 11.3 Å². The van der Waals surface area contributed by atoms with E-state index in [0.717, 1.165) is 11.3 Å². The first kappa shape index (κ1) is 16.9. The largest absolute Gasteiger partial charge is 0.463 e. The Kier molecular flexibility index (Phi) is 4.88. The molecule has 0 aliphatic heterocycles. The highest BCUT2D eigenvalue weighted by Gasteiger charge is 2.12. The predicted octanol–water partition coefficient (Wildman–Crippen LogP) is 4.18. The van der Waals surface area contributed by atoms with Gasteiger partial charge in [-0.25, -0.2) is 14.8 Å². The van der Waals surface area contributed by atoms with Gasteiger partial charge in [-0.05, 0) is 12.1 Å². The molecule has 0 atom stereocenters. The maximum Gasteiger partial charge on any atom is 0.321 e. The molecule has 0 aliphatic carbocycles. The summed E-state index contributed by atoms with van der Waals surface area (Å²) < 4.78 is 5.37. The highest BCUT2D eigenvalue weighted by molar-refractivity contribution is 7.14. The van der Waals surface area contributed by atoms with Gasteiger partial charge in [-0.15, -0.1) is 11.3 Å². The van der Waals surface area contributed by atoms with E-state index in [-0.39, 0.29) is 12.6 Å². The fourth-order valence-corrected chi connectivity index (χ4v) is 3.21. The van der Waals surface area contributed by atoms with Crippen molar-refractivity contribution >= 4 is 22.5 Å². The number of aromatic nitrogens is 3. The fraction of sp³-hybridized carbons (Fsp3) is 0.0526. The SMILES string of the molecule is O=C(NCc1nccnc1-c1ccco1)Nc1nc(-c2ccccc2)cs1. The van der Waals surface area contributed by atoms with Crippen molar-refractivity contribution < 1.29 is 9.21 Å². The van der Waals surface area contributed by atoms with Gasteiger partial charge in [0.1, 0.15) is 5.69 Å². The molecule has 4 aromatic rings. The molecule has 8 heteroatoms. The van der Waals surface area contributed by atoms with Crippen molar-refractivity contribution in [1.29, 1.82) is 0 Å². The second-order valence-electron chi connectivity index (χ2n) is 5.54. The molecule has 2 amide bonds. The average molecular weight is 377 g/mol. The number of thiazole rings is 1. The molecule has 0 fully saturated rings. The van der Waals surface area contributed by atoms with Crippen LogP contribution in [0.1, 0.15) is 5.69 Å². The van der Waals surface area contributed by atoms with Gasteiger partial charge in [0.15, 0.2) is 10.9 Å². The lowest BCUT2D eigenvalue weighted by molar-refractivity contribution is 0.251. The van der Waals surface area contributed by atoms with Crippen LogP contribution in [0.15, 0.2) is 70.9 Å². The average Bonchev–Trinajstić information content (AvgIpc) is 3.40. The van der Waals surface area contributed by atoms with Crippen molar-refractivity contribution in [1.82, 2.24) is 20.3 Å². The zero-order valence-electron chi connectivity index (χ0n) is 14.1. The Morgan fingerprint density at radius 3 is 2.74 bits per heavy atom. The molecule has 0 aliphatic rings. The molecule has 3 aromatic heterocycles. The van der Waals surface area contributed by atoms with Crippen LogP contribution in [0.5, 0.6) is 0 Å². The van der Waals surface area contributed by atoms with Crippen molar-refractivity contribution in [3.05, 3.63) is 72.2 Å². The van der Waals surface area contributed by atoms with Gasteiger partial charge in [0.05, 0.1) is 24.2 Å². The second kappa shape index (κ2) is 7.79. The number of carbonyl (C=O) groups excluding carboxylic acids is 1. The van der Waals surface area contributed by atoms with Gasteiger partial charge in [-0.3, -0.25) is 10.3 Å². The van der Waals surface area contributed by atoms with Crippen LogP contribution in [0.2, 0.25) is 0 Å². The summed E-state index contributed by atoms with van der Waals surface area (Å²) in [5, 5.41) is 7.94. The molecule has 0 unspecified atom stereocenters. The van der Waals surface area contributed by atoms with Crippen LogP contribution in [0, 0.1) is 0 Å². The topological polar surface area (TPSA) is 92.9 Å². The Labute approximate surface area is 159 Å². The van der Waals surface area contributed by atoms with Gasteiger partial charge < -0.3 is 9.73 Å². The maximum absolute atomic E-state index is 12.2. The summed E-state index contributed by atoms with van der Waals surface area (Å²) in [5.74, 6) is 0.604. The van der Waals surface area contributed by atoms with Gasteiger partial charge in [0.25, 0.3) is 0 Å². The summed E-state index contributed by atoms with van der Waals surface area (Å²) in [6.45, 7) is 0.215. The molecule has 0 radical (unpaired) electrons. The number of furan rings is 1. The van der Waals surface area contributed by atoms with Crippen LogP contribution in [-0.2, 0) is 6.54 Å². The Bertz CT molecular complexity index is 1030. The van der Waals surface area contributed by atoms with Crippen LogP contribution in [-0.4, -0.2) is 21.0 Å². The molecule has 2 N–H and O–H groups in total. The van der Waals surface area contributed by atoms with Gasteiger partial charge in [-0.1, -0.05) is 30.3 Å². The van der Waals surface area contributed by atoms with E-state index in [1.807, 2.05) is 35.7 Å². The Morgan fingerprint density at radius 2 is 1.93 bits per heavy atom. The smallest absolute Gasteiger partial charge is 0.321 e. The summed E-state index contributed by atoms with van der Waals surface area (Å²) in [4.78, 5) is 25.2. The first-order valence-corrected chi connectivity index (χ1v) is 9.07. The summed E-state index contributed by atoms with van der Waals surface area (Å²) in [7, 11) is 0. The number of nitrogens with one attached hydrogen (secondary N) is 2. The van der Waals surface area contributed by atoms with E-state index in [9.17, 15) is 4.79 Å². The number of hydrogen-bond donors (Lipinski definition) is 2. The van der Waals surface area contributed by atoms with Gasteiger partial charge >= 0.3 is 6.03 Å². The number of anilines is 1. The number of urea groups is 1. The van der Waals surface area contributed by atoms with Crippen molar-refractivity contribution in [2.45, 2.75) is 6.54 Å². The molecular formula is C19H15N5O2S. The van der Waals surface area contributed by atoms with Crippen molar-refractivity contribution in [3.63, 3.8) is 0 Å². The summed E-state index contributed by atoms with van der Waals surface area (Å²) in [5.41, 5.74) is 3.05. The van der Waals surface area contributed by atoms with E-state index in [0.29, 0.717) is 22.3 Å². The highest BCUT2D eigenvalue weighted by Crippen LogP contribution is 2.24. The first-order chi connectivity index (χ1) is 13.3. The lowest BCUT2D eigenvalue weighted by Gasteiger charge is -2.07. The van der Waals surface area contributed by atoms with Gasteiger partial charge in [0.2, 0.25) is 0 Å². The van der Waals surface area contributed by atoms with Crippen molar-refractivity contribution in [2.75, 3.05) is 5.32 Å². The number of hydrogen-bond acceptors (Lipinski definition) is 6. The van der Waals surface area contributed by atoms with Crippen molar-refractivity contribution in [2.24, 2.45) is 0 Å². The molecule has 0 saturated carbocycles. The number of rotatable bonds is 5. The molecule has 0 bridgehead atoms. The lowest BCUT2D eigenvalue weighted by Crippen LogP contribution is -2.28. The van der Waals surface area contributed by atoms with Crippen molar-refractivity contribution in [3.8, 4) is 22.7 Å². The number of benzene rings is 1. The zero-order valence-corrected chi connectivity index (χ0v) is 14.9. The molecule has 7 nitrogen and oxygen atoms in total. The Hall–Kier alpha value is -3.52. The van der Waals surface area contributed by atoms with Gasteiger partial charge in [0, 0.05) is 23.3 Å². The minimum Gasteiger partial charge on any atom is -0.463 e. The third-order valence-electron chi connectivity index (χ3n) is 3.74. The second-order valence-corrected chi connectivity index (χ2v) is 6.40. The quantitative estimate of drug-likeness (QED) is 0.544. The molecular weight excluding hydrogens is 362 g/mol. The third kappa shape index (κ3) is 4.01. The van der Waals surface area contributed by atoms with Gasteiger partial charge in [-0.2, -0.15) is 0 Å². The van der Waals surface area contributed by atoms with E-state index < -0.39 is 0 Å². The fourth-order valence-electron chi connectivity index (χ4n) is 2.49. The Balaban J connectivity index is 1.39. The summed E-state index contributed by atoms with van der Waals surface area (Å²) >= 11 is 1.37. The summed E-state index contributed by atoms with van der Waals surface area (Å²) in [6.07, 6.45) is 4.73. The minimum absolute atomic E-state index is 0.215. The third-order valence-corrected chi connectivity index (χ3v) is 4.50. The first-order valence-electron chi connectivity index (χ1n) is 8.19. The summed E-state index contributed by atoms with van der Waals surface area (Å²) in [6, 6.07) is 13.0. The molecule has 134 valence electrons. The Morgan fingerprint density at radius 1 is 1.07 bits per heavy atom. The van der Waals surface area contributed by atoms with E-state index >= 15 is 0 Å². The lowest BCUT2D eigenvalue weighted by atomic mass is 10.2. The molecule has 4 rings (SSSR count). The van der Waals surface area contributed by atoms with Crippen LogP contribution in [0.3, 0.4) is 0 Å². The highest BCUT2D eigenvalue weighted by atomic mass is 32.1. The molecule has 3 heterocycles.